The third kappa shape index (κ3) is 4.76. The SMILES string of the molecule is O=CCl.[O]c1ccc([N+](=O)[O-])cc1. The minimum Gasteiger partial charge on any atom is -0.290 e. The van der Waals surface area contributed by atoms with E-state index < -0.39 is 4.92 Å². The van der Waals surface area contributed by atoms with Crippen molar-refractivity contribution in [2.75, 3.05) is 0 Å². The monoisotopic (exact) mass is 202 g/mol. The lowest BCUT2D eigenvalue weighted by molar-refractivity contribution is -0.384. The van der Waals surface area contributed by atoms with E-state index >= 15 is 0 Å². The standard InChI is InChI=1S/C6H4NO3.CHClO/c8-6-3-1-5(2-4-6)7(9)10;2-1-3/h1-4H;1H. The Labute approximate surface area is 78.7 Å². The minimum absolute atomic E-state index is 0.0559. The first-order valence-electron chi connectivity index (χ1n) is 3.07. The van der Waals surface area contributed by atoms with Gasteiger partial charge in [0.15, 0.2) is 5.75 Å². The molecule has 6 heteroatoms. The first kappa shape index (κ1) is 11.4. The summed E-state index contributed by atoms with van der Waals surface area (Å²) in [5.41, 5.74) is -0.0559. The number of halogens is 1. The topological polar surface area (TPSA) is 80.1 Å². The lowest BCUT2D eigenvalue weighted by Gasteiger charge is -1.87. The Kier molecular flexibility index (Phi) is 5.22. The van der Waals surface area contributed by atoms with Crippen molar-refractivity contribution in [1.29, 1.82) is 0 Å². The minimum atomic E-state index is -0.542. The summed E-state index contributed by atoms with van der Waals surface area (Å²) in [7, 11) is 0. The van der Waals surface area contributed by atoms with Crippen molar-refractivity contribution >= 4 is 23.0 Å². The van der Waals surface area contributed by atoms with Gasteiger partial charge in [-0.25, -0.2) is 0 Å². The third-order valence-corrected chi connectivity index (χ3v) is 1.05. The summed E-state index contributed by atoms with van der Waals surface area (Å²) in [4.78, 5) is 18.0. The van der Waals surface area contributed by atoms with Gasteiger partial charge < -0.3 is 0 Å². The number of hydrogen-bond acceptors (Lipinski definition) is 3. The molecule has 0 spiro atoms. The Morgan fingerprint density at radius 1 is 1.31 bits per heavy atom. The number of benzene rings is 1. The molecule has 0 unspecified atom stereocenters. The molecule has 5 nitrogen and oxygen atoms in total. The van der Waals surface area contributed by atoms with Crippen LogP contribution in [-0.2, 0) is 9.90 Å². The van der Waals surface area contributed by atoms with Gasteiger partial charge in [0.1, 0.15) is 0 Å². The number of hydrogen-bond donors (Lipinski definition) is 0. The highest BCUT2D eigenvalue weighted by molar-refractivity contribution is 6.54. The fourth-order valence-electron chi connectivity index (χ4n) is 0.568. The molecule has 0 atom stereocenters. The highest BCUT2D eigenvalue weighted by atomic mass is 35.5. The first-order chi connectivity index (χ1) is 6.11. The normalized spacial score (nSPS) is 8.08. The summed E-state index contributed by atoms with van der Waals surface area (Å²) < 4.78 is 0. The van der Waals surface area contributed by atoms with Gasteiger partial charge in [0.05, 0.1) is 4.92 Å². The van der Waals surface area contributed by atoms with E-state index in [2.05, 4.69) is 11.6 Å². The molecule has 0 aromatic heterocycles. The van der Waals surface area contributed by atoms with Crippen LogP contribution in [0.3, 0.4) is 0 Å². The van der Waals surface area contributed by atoms with Crippen LogP contribution in [0.15, 0.2) is 24.3 Å². The van der Waals surface area contributed by atoms with Gasteiger partial charge in [-0.15, -0.1) is 0 Å². The van der Waals surface area contributed by atoms with E-state index in [1.54, 1.807) is 0 Å². The zero-order chi connectivity index (χ0) is 10.3. The summed E-state index contributed by atoms with van der Waals surface area (Å²) in [6.07, 6.45) is 0. The smallest absolute Gasteiger partial charge is 0.269 e. The van der Waals surface area contributed by atoms with Gasteiger partial charge in [-0.2, -0.15) is 0 Å². The average Bonchev–Trinajstić information content (AvgIpc) is 2.06. The molecule has 1 rings (SSSR count). The molecule has 0 bridgehead atoms. The maximum atomic E-state index is 10.4. The second-order valence-electron chi connectivity index (χ2n) is 1.84. The molecule has 0 saturated heterocycles. The summed E-state index contributed by atoms with van der Waals surface area (Å²) >= 11 is 4.32. The van der Waals surface area contributed by atoms with Gasteiger partial charge >= 0.3 is 0 Å². The summed E-state index contributed by atoms with van der Waals surface area (Å²) in [5, 5.41) is 20.4. The fourth-order valence-corrected chi connectivity index (χ4v) is 0.568. The van der Waals surface area contributed by atoms with Gasteiger partial charge in [0.25, 0.3) is 5.69 Å². The highest BCUT2D eigenvalue weighted by Gasteiger charge is 2.02. The van der Waals surface area contributed by atoms with Crippen molar-refractivity contribution in [3.63, 3.8) is 0 Å². The molecule has 0 aliphatic heterocycles. The van der Waals surface area contributed by atoms with E-state index in [-0.39, 0.29) is 17.2 Å². The second kappa shape index (κ2) is 5.96. The van der Waals surface area contributed by atoms with Gasteiger partial charge in [0.2, 0.25) is 5.75 Å². The molecule has 1 aromatic carbocycles. The molecule has 0 aliphatic carbocycles. The van der Waals surface area contributed by atoms with Crippen LogP contribution in [0.4, 0.5) is 5.69 Å². The van der Waals surface area contributed by atoms with Crippen molar-refractivity contribution in [2.45, 2.75) is 0 Å². The number of non-ortho nitro benzene ring substituents is 1. The highest BCUT2D eigenvalue weighted by Crippen LogP contribution is 2.15. The van der Waals surface area contributed by atoms with Crippen molar-refractivity contribution < 1.29 is 14.8 Å². The molecule has 1 radical (unpaired) electrons. The van der Waals surface area contributed by atoms with Crippen molar-refractivity contribution in [2.24, 2.45) is 0 Å². The number of carbonyl (C=O) groups is 1. The van der Waals surface area contributed by atoms with Crippen LogP contribution in [0.25, 0.3) is 0 Å². The van der Waals surface area contributed by atoms with Crippen LogP contribution in [0.1, 0.15) is 0 Å². The number of carbonyl (C=O) groups excluding carboxylic acids is 1. The molecule has 13 heavy (non-hydrogen) atoms. The molecular weight excluding hydrogens is 198 g/mol. The Bertz CT molecular complexity index is 285. The van der Waals surface area contributed by atoms with E-state index in [0.29, 0.717) is 0 Å². The number of nitrogens with zero attached hydrogens (tertiary/aromatic N) is 1. The fraction of sp³-hybridized carbons (Fsp3) is 0. The van der Waals surface area contributed by atoms with Crippen molar-refractivity contribution in [3.05, 3.63) is 34.4 Å². The Hall–Kier alpha value is -1.62. The Balaban J connectivity index is 0.000000424. The Morgan fingerprint density at radius 2 is 1.69 bits per heavy atom. The van der Waals surface area contributed by atoms with Crippen LogP contribution < -0.4 is 0 Å². The van der Waals surface area contributed by atoms with Crippen LogP contribution in [0, 0.1) is 10.1 Å². The van der Waals surface area contributed by atoms with Gasteiger partial charge in [-0.05, 0) is 23.7 Å². The summed E-state index contributed by atoms with van der Waals surface area (Å²) in [5.74, 6) is 0.00519. The lowest BCUT2D eigenvalue weighted by atomic mass is 10.3. The third-order valence-electron chi connectivity index (χ3n) is 1.05. The summed E-state index contributed by atoms with van der Waals surface area (Å²) in [6, 6.07) is 4.70. The van der Waals surface area contributed by atoms with Gasteiger partial charge in [-0.3, -0.25) is 20.0 Å². The summed E-state index contributed by atoms with van der Waals surface area (Å²) in [6.45, 7) is 0. The number of nitro benzene ring substituents is 1. The molecule has 0 amide bonds. The van der Waals surface area contributed by atoms with Crippen LogP contribution in [0.5, 0.6) is 5.75 Å². The molecular formula is C7H5ClNO4. The molecule has 0 aliphatic rings. The molecule has 0 N–H and O–H groups in total. The van der Waals surface area contributed by atoms with Gasteiger partial charge in [0, 0.05) is 12.1 Å². The van der Waals surface area contributed by atoms with E-state index in [1.807, 2.05) is 0 Å². The molecule has 69 valence electrons. The van der Waals surface area contributed by atoms with Crippen LogP contribution in [0.2, 0.25) is 0 Å². The van der Waals surface area contributed by atoms with Crippen LogP contribution >= 0.6 is 11.6 Å². The van der Waals surface area contributed by atoms with Crippen molar-refractivity contribution in [3.8, 4) is 5.75 Å². The quantitative estimate of drug-likeness (QED) is 0.303. The predicted molar refractivity (Wildman–Crippen MR) is 45.8 cm³/mol. The number of rotatable bonds is 1. The average molecular weight is 203 g/mol. The maximum absolute atomic E-state index is 10.4. The molecule has 0 saturated carbocycles. The zero-order valence-electron chi connectivity index (χ0n) is 6.34. The molecule has 0 heterocycles. The van der Waals surface area contributed by atoms with Gasteiger partial charge in [-0.1, -0.05) is 0 Å². The largest absolute Gasteiger partial charge is 0.290 e. The predicted octanol–water partition coefficient (Wildman–Crippen LogP) is 2.15. The lowest BCUT2D eigenvalue weighted by Crippen LogP contribution is -1.85. The number of nitro groups is 1. The van der Waals surface area contributed by atoms with E-state index in [0.717, 1.165) is 12.1 Å². The van der Waals surface area contributed by atoms with E-state index in [4.69, 9.17) is 4.79 Å². The van der Waals surface area contributed by atoms with Crippen molar-refractivity contribution in [1.82, 2.24) is 0 Å². The molecule has 0 fully saturated rings. The molecule has 1 aromatic rings. The second-order valence-corrected chi connectivity index (χ2v) is 2.02. The Morgan fingerprint density at radius 3 is 2.00 bits per heavy atom. The zero-order valence-corrected chi connectivity index (χ0v) is 7.10. The van der Waals surface area contributed by atoms with E-state index in [9.17, 15) is 15.2 Å². The first-order valence-corrected chi connectivity index (χ1v) is 3.50. The van der Waals surface area contributed by atoms with Crippen LogP contribution in [-0.4, -0.2) is 10.7 Å². The maximum Gasteiger partial charge on any atom is 0.269 e. The van der Waals surface area contributed by atoms with E-state index in [1.165, 1.54) is 12.1 Å².